The van der Waals surface area contributed by atoms with Gasteiger partial charge in [-0.05, 0) is 31.7 Å². The Morgan fingerprint density at radius 3 is 2.57 bits per heavy atom. The Bertz CT molecular complexity index is 1080. The van der Waals surface area contributed by atoms with Crippen LogP contribution >= 0.6 is 0 Å². The summed E-state index contributed by atoms with van der Waals surface area (Å²) >= 11 is 0. The van der Waals surface area contributed by atoms with Gasteiger partial charge in [-0.1, -0.05) is 46.9 Å². The fourth-order valence-electron chi connectivity index (χ4n) is 2.79. The van der Waals surface area contributed by atoms with Gasteiger partial charge in [0.2, 0.25) is 0 Å². The van der Waals surface area contributed by atoms with Gasteiger partial charge in [-0.3, -0.25) is 0 Å². The van der Waals surface area contributed by atoms with Gasteiger partial charge in [-0.15, -0.1) is 0 Å². The lowest BCUT2D eigenvalue weighted by molar-refractivity contribution is -0.711. The molecule has 5 nitrogen and oxygen atoms in total. The third kappa shape index (κ3) is 2.21. The van der Waals surface area contributed by atoms with E-state index in [-0.39, 0.29) is 0 Å². The van der Waals surface area contributed by atoms with Crippen molar-refractivity contribution in [2.75, 3.05) is 0 Å². The van der Waals surface area contributed by atoms with Crippen LogP contribution in [0.3, 0.4) is 0 Å². The summed E-state index contributed by atoms with van der Waals surface area (Å²) in [7, 11) is 1.89. The van der Waals surface area contributed by atoms with Gasteiger partial charge in [0.05, 0.1) is 12.4 Å². The van der Waals surface area contributed by atoms with Gasteiger partial charge >= 0.3 is 5.78 Å². The lowest BCUT2D eigenvalue weighted by atomic mass is 10.2. The summed E-state index contributed by atoms with van der Waals surface area (Å²) in [4.78, 5) is 9.39. The van der Waals surface area contributed by atoms with E-state index in [0.29, 0.717) is 5.62 Å². The van der Waals surface area contributed by atoms with Crippen molar-refractivity contribution in [3.8, 4) is 0 Å². The second-order valence-corrected chi connectivity index (χ2v) is 5.72. The number of hydrogen-bond donors (Lipinski definition) is 0. The minimum atomic E-state index is 0.634. The van der Waals surface area contributed by atoms with Crippen molar-refractivity contribution in [1.29, 1.82) is 0 Å². The molecule has 0 aliphatic carbocycles. The van der Waals surface area contributed by atoms with E-state index in [1.807, 2.05) is 42.6 Å². The van der Waals surface area contributed by atoms with Crippen molar-refractivity contribution in [1.82, 2.24) is 14.5 Å². The van der Waals surface area contributed by atoms with E-state index in [1.54, 1.807) is 4.68 Å². The molecule has 4 aromatic rings. The van der Waals surface area contributed by atoms with Gasteiger partial charge in [0.1, 0.15) is 11.2 Å². The average molecular weight is 303 g/mol. The van der Waals surface area contributed by atoms with Gasteiger partial charge in [0.25, 0.3) is 0 Å². The van der Waals surface area contributed by atoms with Crippen LogP contribution in [0.1, 0.15) is 11.3 Å². The molecule has 0 saturated heterocycles. The summed E-state index contributed by atoms with van der Waals surface area (Å²) in [6.07, 6.45) is 0. The highest BCUT2D eigenvalue weighted by atomic mass is 15.4. The molecule has 0 radical (unpaired) electrons. The largest absolute Gasteiger partial charge is 0.412 e. The fraction of sp³-hybridized carbons (Fsp3) is 0.167. The summed E-state index contributed by atoms with van der Waals surface area (Å²) in [5.74, 6) is 0.784. The standard InChI is InChI=1S/C18H17N5/c1-12-8-10-14(11-9-12)20-17-21-22(3)18-19-13(2)15-6-4-5-7-16(15)23(17)18/h4-11H,1-3H3. The first-order chi connectivity index (χ1) is 11.1. The number of benzene rings is 2. The molecule has 2 aromatic heterocycles. The lowest BCUT2D eigenvalue weighted by Gasteiger charge is -2.00. The van der Waals surface area contributed by atoms with Crippen LogP contribution in [0.15, 0.2) is 53.5 Å². The van der Waals surface area contributed by atoms with Crippen LogP contribution in [0.25, 0.3) is 16.7 Å². The monoisotopic (exact) mass is 303 g/mol. The topological polar surface area (TPSA) is 47.6 Å². The van der Waals surface area contributed by atoms with Gasteiger partial charge in [-0.2, -0.15) is 14.2 Å². The number of aryl methyl sites for hydroxylation is 3. The maximum Gasteiger partial charge on any atom is 0.412 e. The first-order valence-corrected chi connectivity index (χ1v) is 7.56. The van der Waals surface area contributed by atoms with Gasteiger partial charge in [0, 0.05) is 0 Å². The van der Waals surface area contributed by atoms with E-state index in [2.05, 4.69) is 41.3 Å². The summed E-state index contributed by atoms with van der Waals surface area (Å²) in [6.45, 7) is 4.08. The van der Waals surface area contributed by atoms with Crippen LogP contribution in [0.4, 0.5) is 5.69 Å². The van der Waals surface area contributed by atoms with E-state index in [9.17, 15) is 0 Å². The van der Waals surface area contributed by atoms with Crippen LogP contribution in [-0.2, 0) is 7.05 Å². The second kappa shape index (κ2) is 5.05. The van der Waals surface area contributed by atoms with E-state index in [1.165, 1.54) is 5.56 Å². The Morgan fingerprint density at radius 2 is 1.78 bits per heavy atom. The normalized spacial score (nSPS) is 12.4. The first-order valence-electron chi connectivity index (χ1n) is 7.56. The fourth-order valence-corrected chi connectivity index (χ4v) is 2.79. The Balaban J connectivity index is 2.12. The number of fused-ring (bicyclic) bond motifs is 3. The van der Waals surface area contributed by atoms with E-state index < -0.39 is 0 Å². The van der Waals surface area contributed by atoms with Crippen molar-refractivity contribution in [3.05, 3.63) is 65.4 Å². The SMILES string of the molecule is Cc1ccc(N=c2[n-][n+](C)c3nc(C)c4ccccc4n23)cc1. The minimum Gasteiger partial charge on any atom is -0.330 e. The number of aromatic nitrogens is 4. The zero-order valence-corrected chi connectivity index (χ0v) is 13.4. The zero-order valence-electron chi connectivity index (χ0n) is 13.4. The van der Waals surface area contributed by atoms with Crippen molar-refractivity contribution in [2.24, 2.45) is 12.0 Å². The highest BCUT2D eigenvalue weighted by Crippen LogP contribution is 2.16. The highest BCUT2D eigenvalue weighted by molar-refractivity contribution is 5.82. The number of para-hydroxylation sites is 1. The highest BCUT2D eigenvalue weighted by Gasteiger charge is 2.15. The Morgan fingerprint density at radius 1 is 1.04 bits per heavy atom. The van der Waals surface area contributed by atoms with Crippen LogP contribution < -0.4 is 15.4 Å². The molecule has 0 atom stereocenters. The van der Waals surface area contributed by atoms with Crippen molar-refractivity contribution in [2.45, 2.75) is 13.8 Å². The molecule has 0 amide bonds. The summed E-state index contributed by atoms with van der Waals surface area (Å²) in [6, 6.07) is 16.3. The molecule has 0 saturated carbocycles. The Hall–Kier alpha value is -2.95. The lowest BCUT2D eigenvalue weighted by Crippen LogP contribution is -2.36. The van der Waals surface area contributed by atoms with Gasteiger partial charge in [0.15, 0.2) is 5.62 Å². The summed E-state index contributed by atoms with van der Waals surface area (Å²) in [5.41, 5.74) is 4.78. The van der Waals surface area contributed by atoms with Crippen LogP contribution in [-0.4, -0.2) is 9.38 Å². The molecule has 0 fully saturated rings. The Kier molecular flexibility index (Phi) is 3.01. The molecule has 23 heavy (non-hydrogen) atoms. The molecule has 4 rings (SSSR count). The molecule has 0 aliphatic rings. The van der Waals surface area contributed by atoms with Crippen molar-refractivity contribution >= 4 is 22.4 Å². The Labute approximate surface area is 133 Å². The van der Waals surface area contributed by atoms with E-state index >= 15 is 0 Å². The van der Waals surface area contributed by atoms with Crippen LogP contribution in [0, 0.1) is 13.8 Å². The van der Waals surface area contributed by atoms with Crippen molar-refractivity contribution in [3.63, 3.8) is 0 Å². The third-order valence-corrected chi connectivity index (χ3v) is 3.99. The van der Waals surface area contributed by atoms with E-state index in [4.69, 9.17) is 4.99 Å². The average Bonchev–Trinajstić information content (AvgIpc) is 2.86. The molecular formula is C18H17N5. The van der Waals surface area contributed by atoms with Crippen LogP contribution in [0.5, 0.6) is 0 Å². The molecule has 2 aromatic carbocycles. The molecule has 5 heteroatoms. The van der Waals surface area contributed by atoms with E-state index in [0.717, 1.165) is 28.1 Å². The maximum absolute atomic E-state index is 4.70. The predicted octanol–water partition coefficient (Wildman–Crippen LogP) is 2.12. The molecule has 0 aliphatic heterocycles. The maximum atomic E-state index is 4.70. The van der Waals surface area contributed by atoms with Gasteiger partial charge in [-0.25, -0.2) is 0 Å². The minimum absolute atomic E-state index is 0.634. The third-order valence-electron chi connectivity index (χ3n) is 3.99. The predicted molar refractivity (Wildman–Crippen MR) is 88.3 cm³/mol. The number of nitrogens with zero attached hydrogens (tertiary/aromatic N) is 5. The molecule has 0 spiro atoms. The van der Waals surface area contributed by atoms with Crippen molar-refractivity contribution < 1.29 is 4.68 Å². The number of hydrogen-bond acceptors (Lipinski definition) is 2. The molecule has 0 bridgehead atoms. The molecule has 0 unspecified atom stereocenters. The molecule has 2 heterocycles. The zero-order chi connectivity index (χ0) is 16.0. The first kappa shape index (κ1) is 13.7. The molecular weight excluding hydrogens is 286 g/mol. The second-order valence-electron chi connectivity index (χ2n) is 5.72. The quantitative estimate of drug-likeness (QED) is 0.506. The smallest absolute Gasteiger partial charge is 0.330 e. The number of rotatable bonds is 1. The van der Waals surface area contributed by atoms with Crippen LogP contribution in [0.2, 0.25) is 0 Å². The molecule has 0 N–H and O–H groups in total. The summed E-state index contributed by atoms with van der Waals surface area (Å²) in [5, 5.41) is 5.66. The van der Waals surface area contributed by atoms with Gasteiger partial charge < -0.3 is 4.99 Å². The molecule has 114 valence electrons. The summed E-state index contributed by atoms with van der Waals surface area (Å²) < 4.78 is 3.77.